The fraction of sp³-hybridized carbons (Fsp3) is 0.0256. The summed E-state index contributed by atoms with van der Waals surface area (Å²) in [6.07, 6.45) is 0. The first-order valence-electron chi connectivity index (χ1n) is 14.9. The van der Waals surface area contributed by atoms with Gasteiger partial charge in [-0.1, -0.05) is 0 Å². The second-order valence-corrected chi connectivity index (χ2v) is 19.8. The molecule has 0 N–H and O–H groups in total. The van der Waals surface area contributed by atoms with Gasteiger partial charge in [0.2, 0.25) is 0 Å². The summed E-state index contributed by atoms with van der Waals surface area (Å²) in [5, 5.41) is 4.98. The molecule has 4 heteroatoms. The summed E-state index contributed by atoms with van der Waals surface area (Å²) in [5.74, 6) is 4.61. The number of hydrogen-bond acceptors (Lipinski definition) is 3. The number of benzene rings is 7. The number of hydrogen-bond donors (Lipinski definition) is 0. The van der Waals surface area contributed by atoms with Crippen LogP contribution in [0.4, 0.5) is 34.1 Å². The maximum absolute atomic E-state index is 6.82. The van der Waals surface area contributed by atoms with Crippen molar-refractivity contribution >= 4 is 82.1 Å². The molecule has 0 radical (unpaired) electrons. The van der Waals surface area contributed by atoms with Gasteiger partial charge >= 0.3 is 253 Å². The molecule has 7 aromatic carbocycles. The molecular formula is C39H26GeN2O. The molecule has 0 atom stereocenters. The molecular weight excluding hydrogens is 585 g/mol. The maximum atomic E-state index is 6.82. The quantitative estimate of drug-likeness (QED) is 0.182. The Labute approximate surface area is 252 Å². The van der Waals surface area contributed by atoms with Crippen LogP contribution in [0.15, 0.2) is 140 Å². The molecule has 3 heterocycles. The third-order valence-electron chi connectivity index (χ3n) is 9.69. The molecule has 0 amide bonds. The van der Waals surface area contributed by atoms with Gasteiger partial charge in [0.1, 0.15) is 0 Å². The van der Waals surface area contributed by atoms with E-state index in [0.29, 0.717) is 0 Å². The van der Waals surface area contributed by atoms with Gasteiger partial charge in [-0.2, -0.15) is 0 Å². The fourth-order valence-corrected chi connectivity index (χ4v) is 18.1. The SMILES string of the molecule is [CH3][Ge]12[c]3c4cccc3N(c3ccc5ccccc5c3)c3cccc([c]31)N(c1ccc3ccccc3c1)c1cccc([c]12)O4. The molecule has 0 fully saturated rings. The average Bonchev–Trinajstić information content (AvgIpc) is 3.05. The van der Waals surface area contributed by atoms with Gasteiger partial charge in [0.15, 0.2) is 0 Å². The molecule has 0 unspecified atom stereocenters. The molecule has 0 bridgehead atoms. The number of fused-ring (bicyclic) bond motifs is 2. The van der Waals surface area contributed by atoms with E-state index in [4.69, 9.17) is 4.74 Å². The van der Waals surface area contributed by atoms with Gasteiger partial charge in [0, 0.05) is 0 Å². The number of ether oxygens (including phenoxy) is 1. The molecule has 0 spiro atoms. The predicted molar refractivity (Wildman–Crippen MR) is 181 cm³/mol. The molecule has 3 nitrogen and oxygen atoms in total. The first-order valence-corrected chi connectivity index (χ1v) is 20.1. The second-order valence-electron chi connectivity index (χ2n) is 11.9. The van der Waals surface area contributed by atoms with E-state index in [-0.39, 0.29) is 0 Å². The Morgan fingerprint density at radius 3 is 1.33 bits per heavy atom. The fourth-order valence-electron chi connectivity index (χ4n) is 7.94. The van der Waals surface area contributed by atoms with Crippen LogP contribution in [-0.4, -0.2) is 13.3 Å². The topological polar surface area (TPSA) is 15.7 Å². The van der Waals surface area contributed by atoms with Gasteiger partial charge in [-0.15, -0.1) is 0 Å². The molecule has 3 aliphatic rings. The summed E-state index contributed by atoms with van der Waals surface area (Å²) in [6.45, 7) is 0. The first-order chi connectivity index (χ1) is 21.2. The van der Waals surface area contributed by atoms with Crippen LogP contribution in [0.25, 0.3) is 21.5 Å². The summed E-state index contributed by atoms with van der Waals surface area (Å²) >= 11 is -3.20. The van der Waals surface area contributed by atoms with E-state index < -0.39 is 13.3 Å². The Balaban J connectivity index is 1.31. The zero-order valence-electron chi connectivity index (χ0n) is 23.6. The molecule has 10 rings (SSSR count). The zero-order chi connectivity index (χ0) is 28.3. The molecule has 0 aliphatic carbocycles. The monoisotopic (exact) mass is 612 g/mol. The molecule has 0 saturated heterocycles. The Kier molecular flexibility index (Phi) is 4.55. The van der Waals surface area contributed by atoms with Gasteiger partial charge < -0.3 is 0 Å². The molecule has 43 heavy (non-hydrogen) atoms. The van der Waals surface area contributed by atoms with Gasteiger partial charge in [-0.05, 0) is 0 Å². The first kappa shape index (κ1) is 23.6. The van der Waals surface area contributed by atoms with Gasteiger partial charge in [0.05, 0.1) is 0 Å². The molecule has 0 saturated carbocycles. The van der Waals surface area contributed by atoms with Gasteiger partial charge in [-0.3, -0.25) is 0 Å². The molecule has 202 valence electrons. The average molecular weight is 611 g/mol. The van der Waals surface area contributed by atoms with Crippen molar-refractivity contribution in [1.82, 2.24) is 0 Å². The van der Waals surface area contributed by atoms with Crippen LogP contribution < -0.4 is 27.7 Å². The van der Waals surface area contributed by atoms with Crippen LogP contribution in [0.1, 0.15) is 0 Å². The summed E-state index contributed by atoms with van der Waals surface area (Å²) in [5.41, 5.74) is 7.42. The summed E-state index contributed by atoms with van der Waals surface area (Å²) in [6, 6.07) is 51.1. The van der Waals surface area contributed by atoms with Gasteiger partial charge in [-0.25, -0.2) is 0 Å². The van der Waals surface area contributed by atoms with Crippen molar-refractivity contribution in [3.8, 4) is 11.5 Å². The molecule has 0 aromatic heterocycles. The van der Waals surface area contributed by atoms with E-state index in [9.17, 15) is 0 Å². The second kappa shape index (κ2) is 8.30. The predicted octanol–water partition coefficient (Wildman–Crippen LogP) is 8.77. The van der Waals surface area contributed by atoms with Crippen molar-refractivity contribution in [1.29, 1.82) is 0 Å². The Morgan fingerprint density at radius 1 is 0.419 bits per heavy atom. The minimum atomic E-state index is -3.20. The Bertz CT molecular complexity index is 2170. The molecule has 3 aliphatic heterocycles. The minimum absolute atomic E-state index is 1.01. The standard InChI is InChI=1S/C39H26GeN2O/c1-40-37-31-13-6-14-32(37)42(30-22-20-26-10-3-5-12-28(26)24-30)34-16-8-18-36(39(34)40)43-35-17-7-15-33(38(35)40)41(31)29-21-19-25-9-2-4-11-27(25)23-29/h2-24H,1H3. The van der Waals surface area contributed by atoms with Crippen LogP contribution in [0.3, 0.4) is 0 Å². The van der Waals surface area contributed by atoms with Crippen molar-refractivity contribution in [2.24, 2.45) is 0 Å². The number of nitrogens with zero attached hydrogens (tertiary/aromatic N) is 2. The van der Waals surface area contributed by atoms with E-state index in [2.05, 4.69) is 155 Å². The van der Waals surface area contributed by atoms with Crippen LogP contribution in [0, 0.1) is 0 Å². The van der Waals surface area contributed by atoms with E-state index in [0.717, 1.165) is 11.5 Å². The third-order valence-corrected chi connectivity index (χ3v) is 19.2. The van der Waals surface area contributed by atoms with Crippen molar-refractivity contribution in [2.45, 2.75) is 5.76 Å². The Morgan fingerprint density at radius 2 is 0.837 bits per heavy atom. The summed E-state index contributed by atoms with van der Waals surface area (Å²) in [7, 11) is 0. The molecule has 7 aromatic rings. The zero-order valence-corrected chi connectivity index (χ0v) is 25.7. The Hall–Kier alpha value is -5.00. The van der Waals surface area contributed by atoms with Crippen molar-refractivity contribution in [2.75, 3.05) is 9.80 Å². The van der Waals surface area contributed by atoms with Crippen molar-refractivity contribution < 1.29 is 4.74 Å². The third kappa shape index (κ3) is 3.00. The van der Waals surface area contributed by atoms with Crippen LogP contribution in [0.5, 0.6) is 11.5 Å². The van der Waals surface area contributed by atoms with Crippen LogP contribution in [-0.2, 0) is 0 Å². The van der Waals surface area contributed by atoms with E-state index in [1.807, 2.05) is 0 Å². The normalized spacial score (nSPS) is 14.9. The van der Waals surface area contributed by atoms with Crippen LogP contribution >= 0.6 is 0 Å². The van der Waals surface area contributed by atoms with Gasteiger partial charge in [0.25, 0.3) is 0 Å². The van der Waals surface area contributed by atoms with Crippen molar-refractivity contribution in [3.05, 3.63) is 140 Å². The van der Waals surface area contributed by atoms with E-state index in [1.165, 1.54) is 68.9 Å². The van der Waals surface area contributed by atoms with E-state index >= 15 is 0 Å². The van der Waals surface area contributed by atoms with E-state index in [1.54, 1.807) is 0 Å². The van der Waals surface area contributed by atoms with Crippen LogP contribution in [0.2, 0.25) is 5.76 Å². The summed E-state index contributed by atoms with van der Waals surface area (Å²) < 4.78 is 11.1. The number of rotatable bonds is 2. The van der Waals surface area contributed by atoms with Crippen molar-refractivity contribution in [3.63, 3.8) is 0 Å². The summed E-state index contributed by atoms with van der Waals surface area (Å²) in [4.78, 5) is 4.97. The number of anilines is 6.